The van der Waals surface area contributed by atoms with Gasteiger partial charge in [0.05, 0.1) is 22.9 Å². The van der Waals surface area contributed by atoms with Crippen LogP contribution in [0.4, 0.5) is 5.82 Å². The van der Waals surface area contributed by atoms with Crippen molar-refractivity contribution < 1.29 is 0 Å². The summed E-state index contributed by atoms with van der Waals surface area (Å²) in [6.45, 7) is 3.92. The molecule has 154 valence electrons. The number of benzene rings is 1. The highest BCUT2D eigenvalue weighted by Crippen LogP contribution is 2.31. The first-order valence-corrected chi connectivity index (χ1v) is 10.3. The number of hydrogen-bond acceptors (Lipinski definition) is 7. The van der Waals surface area contributed by atoms with Gasteiger partial charge < -0.3 is 14.8 Å². The fourth-order valence-electron chi connectivity index (χ4n) is 4.09. The van der Waals surface area contributed by atoms with Crippen LogP contribution in [0, 0.1) is 0 Å². The molecule has 0 amide bonds. The predicted octanol–water partition coefficient (Wildman–Crippen LogP) is 2.71. The molecule has 6 rings (SSSR count). The number of likely N-dealkylation sites (N-methyl/N-ethyl adjacent to an activating group) is 1. The molecule has 1 aliphatic rings. The Morgan fingerprint density at radius 2 is 1.84 bits per heavy atom. The summed E-state index contributed by atoms with van der Waals surface area (Å²) >= 11 is 0. The van der Waals surface area contributed by atoms with Crippen molar-refractivity contribution in [3.05, 3.63) is 49.1 Å². The van der Waals surface area contributed by atoms with Crippen molar-refractivity contribution in [1.82, 2.24) is 40.0 Å². The Kier molecular flexibility index (Phi) is 4.13. The molecule has 0 radical (unpaired) electrons. The number of hydrogen-bond donors (Lipinski definition) is 2. The van der Waals surface area contributed by atoms with E-state index in [1.54, 1.807) is 18.6 Å². The Balaban J connectivity index is 1.44. The molecule has 4 aromatic heterocycles. The monoisotopic (exact) mass is 411 g/mol. The van der Waals surface area contributed by atoms with Crippen LogP contribution in [-0.4, -0.2) is 73.2 Å². The second kappa shape index (κ2) is 7.13. The van der Waals surface area contributed by atoms with E-state index < -0.39 is 0 Å². The molecule has 0 atom stereocenters. The van der Waals surface area contributed by atoms with E-state index in [1.165, 1.54) is 0 Å². The number of nitrogens with one attached hydrogen (secondary N) is 2. The molecule has 31 heavy (non-hydrogen) atoms. The molecule has 0 spiro atoms. The summed E-state index contributed by atoms with van der Waals surface area (Å²) in [6.07, 6.45) is 6.97. The average Bonchev–Trinajstić information content (AvgIpc) is 3.43. The second-order valence-electron chi connectivity index (χ2n) is 7.83. The first-order chi connectivity index (χ1) is 15.3. The molecule has 0 bridgehead atoms. The normalized spacial score (nSPS) is 15.2. The molecule has 5 aromatic rings. The lowest BCUT2D eigenvalue weighted by Gasteiger charge is -2.33. The Morgan fingerprint density at radius 1 is 0.935 bits per heavy atom. The highest BCUT2D eigenvalue weighted by atomic mass is 15.3. The van der Waals surface area contributed by atoms with E-state index in [-0.39, 0.29) is 0 Å². The number of H-pyrrole nitrogens is 2. The highest BCUT2D eigenvalue weighted by molar-refractivity contribution is 5.96. The Morgan fingerprint density at radius 3 is 2.68 bits per heavy atom. The third kappa shape index (κ3) is 3.10. The van der Waals surface area contributed by atoms with Crippen LogP contribution < -0.4 is 4.90 Å². The van der Waals surface area contributed by atoms with Crippen LogP contribution in [0.25, 0.3) is 44.7 Å². The lowest BCUT2D eigenvalue weighted by Crippen LogP contribution is -2.44. The lowest BCUT2D eigenvalue weighted by molar-refractivity contribution is 0.312. The molecule has 1 aromatic carbocycles. The van der Waals surface area contributed by atoms with E-state index in [4.69, 9.17) is 4.98 Å². The van der Waals surface area contributed by atoms with Crippen molar-refractivity contribution in [1.29, 1.82) is 0 Å². The molecule has 5 heterocycles. The van der Waals surface area contributed by atoms with E-state index in [0.717, 1.165) is 76.7 Å². The van der Waals surface area contributed by atoms with E-state index in [0.29, 0.717) is 0 Å². The number of piperazine rings is 1. The number of aromatic amines is 2. The molecule has 9 nitrogen and oxygen atoms in total. The Labute approximate surface area is 178 Å². The van der Waals surface area contributed by atoms with Crippen LogP contribution in [0.3, 0.4) is 0 Å². The van der Waals surface area contributed by atoms with Crippen LogP contribution in [0.5, 0.6) is 0 Å². The summed E-state index contributed by atoms with van der Waals surface area (Å²) in [4.78, 5) is 26.2. The van der Waals surface area contributed by atoms with E-state index in [9.17, 15) is 0 Å². The summed E-state index contributed by atoms with van der Waals surface area (Å²) in [6, 6.07) is 8.06. The van der Waals surface area contributed by atoms with Gasteiger partial charge in [0.25, 0.3) is 0 Å². The van der Waals surface area contributed by atoms with Gasteiger partial charge in [0, 0.05) is 55.7 Å². The molecule has 0 unspecified atom stereocenters. The third-order valence-electron chi connectivity index (χ3n) is 5.83. The fraction of sp³-hybridized carbons (Fsp3) is 0.227. The van der Waals surface area contributed by atoms with Crippen LogP contribution in [0.2, 0.25) is 0 Å². The van der Waals surface area contributed by atoms with Gasteiger partial charge in [-0.25, -0.2) is 9.97 Å². The minimum atomic E-state index is 0.723. The zero-order valence-electron chi connectivity index (χ0n) is 17.1. The summed E-state index contributed by atoms with van der Waals surface area (Å²) < 4.78 is 0. The number of imidazole rings is 1. The van der Waals surface area contributed by atoms with Crippen LogP contribution in [0.1, 0.15) is 0 Å². The molecule has 9 heteroatoms. The Bertz CT molecular complexity index is 1360. The molecular weight excluding hydrogens is 390 g/mol. The number of aromatic nitrogens is 7. The zero-order chi connectivity index (χ0) is 20.8. The quantitative estimate of drug-likeness (QED) is 0.471. The third-order valence-corrected chi connectivity index (χ3v) is 5.83. The standard InChI is InChI=1S/C22H21N9/c1-30-8-10-31(11-9-30)22-20-17(4-5-25-22)26-21(27-20)19-15-12-14(2-3-16(15)28-29-19)18-13-23-6-7-24-18/h2-7,12-13H,8-11H2,1H3,(H,26,27)(H,28,29). The smallest absolute Gasteiger partial charge is 0.159 e. The van der Waals surface area contributed by atoms with Gasteiger partial charge in [-0.2, -0.15) is 5.10 Å². The maximum atomic E-state index is 4.92. The first-order valence-electron chi connectivity index (χ1n) is 10.3. The topological polar surface area (TPSA) is 103 Å². The van der Waals surface area contributed by atoms with Crippen molar-refractivity contribution >= 4 is 27.8 Å². The Hall–Kier alpha value is -3.85. The van der Waals surface area contributed by atoms with Gasteiger partial charge in [-0.05, 0) is 25.2 Å². The zero-order valence-corrected chi connectivity index (χ0v) is 17.1. The average molecular weight is 411 g/mol. The van der Waals surface area contributed by atoms with Gasteiger partial charge in [0.15, 0.2) is 11.6 Å². The summed E-state index contributed by atoms with van der Waals surface area (Å²) in [5.74, 6) is 1.65. The molecule has 0 saturated carbocycles. The van der Waals surface area contributed by atoms with Crippen molar-refractivity contribution in [3.8, 4) is 22.8 Å². The molecule has 1 fully saturated rings. The summed E-state index contributed by atoms with van der Waals surface area (Å²) in [5, 5.41) is 8.65. The van der Waals surface area contributed by atoms with Crippen molar-refractivity contribution in [3.63, 3.8) is 0 Å². The van der Waals surface area contributed by atoms with E-state index in [1.807, 2.05) is 24.4 Å². The summed E-state index contributed by atoms with van der Waals surface area (Å²) in [5.41, 5.74) is 5.37. The van der Waals surface area contributed by atoms with Crippen molar-refractivity contribution in [2.45, 2.75) is 0 Å². The van der Waals surface area contributed by atoms with Gasteiger partial charge in [-0.15, -0.1) is 0 Å². The largest absolute Gasteiger partial charge is 0.352 e. The lowest BCUT2D eigenvalue weighted by atomic mass is 10.1. The molecule has 2 N–H and O–H groups in total. The minimum Gasteiger partial charge on any atom is -0.352 e. The number of pyridine rings is 1. The number of anilines is 1. The number of fused-ring (bicyclic) bond motifs is 2. The number of rotatable bonds is 3. The first kappa shape index (κ1) is 18.0. The molecule has 1 aliphatic heterocycles. The van der Waals surface area contributed by atoms with Gasteiger partial charge in [-0.1, -0.05) is 6.07 Å². The molecule has 1 saturated heterocycles. The van der Waals surface area contributed by atoms with Crippen LogP contribution in [-0.2, 0) is 0 Å². The van der Waals surface area contributed by atoms with Crippen molar-refractivity contribution in [2.75, 3.05) is 38.1 Å². The molecular formula is C22H21N9. The summed E-state index contributed by atoms with van der Waals surface area (Å²) in [7, 11) is 2.15. The minimum absolute atomic E-state index is 0.723. The highest BCUT2D eigenvalue weighted by Gasteiger charge is 2.21. The van der Waals surface area contributed by atoms with Gasteiger partial charge in [0.1, 0.15) is 11.2 Å². The predicted molar refractivity (Wildman–Crippen MR) is 120 cm³/mol. The fourth-order valence-corrected chi connectivity index (χ4v) is 4.09. The van der Waals surface area contributed by atoms with Crippen LogP contribution in [0.15, 0.2) is 49.1 Å². The SMILES string of the molecule is CN1CCN(c2nccc3[nH]c(-c4n[nH]c5ccc(-c6cnccn6)cc45)nc23)CC1. The van der Waals surface area contributed by atoms with E-state index >= 15 is 0 Å². The van der Waals surface area contributed by atoms with Gasteiger partial charge in [-0.3, -0.25) is 15.1 Å². The van der Waals surface area contributed by atoms with Crippen molar-refractivity contribution in [2.24, 2.45) is 0 Å². The molecule has 0 aliphatic carbocycles. The van der Waals surface area contributed by atoms with Crippen LogP contribution >= 0.6 is 0 Å². The second-order valence-corrected chi connectivity index (χ2v) is 7.83. The maximum Gasteiger partial charge on any atom is 0.159 e. The van der Waals surface area contributed by atoms with Gasteiger partial charge in [0.2, 0.25) is 0 Å². The maximum absolute atomic E-state index is 4.92. The van der Waals surface area contributed by atoms with E-state index in [2.05, 4.69) is 53.0 Å². The number of nitrogens with zero attached hydrogens (tertiary/aromatic N) is 7. The van der Waals surface area contributed by atoms with Gasteiger partial charge >= 0.3 is 0 Å².